The van der Waals surface area contributed by atoms with Crippen molar-refractivity contribution in [3.05, 3.63) is 75.7 Å². The molecule has 41 heavy (non-hydrogen) atoms. The number of carbonyl (C=O) groups excluding carboxylic acids is 1. The molecular weight excluding hydrogens is 551 g/mol. The third kappa shape index (κ3) is 7.00. The summed E-state index contributed by atoms with van der Waals surface area (Å²) in [4.78, 5) is 25.2. The Morgan fingerprint density at radius 2 is 1.76 bits per heavy atom. The summed E-state index contributed by atoms with van der Waals surface area (Å²) in [5.74, 6) is 1.19. The van der Waals surface area contributed by atoms with Crippen LogP contribution in [0.1, 0.15) is 52.0 Å². The van der Waals surface area contributed by atoms with E-state index >= 15 is 0 Å². The van der Waals surface area contributed by atoms with E-state index in [9.17, 15) is 14.0 Å². The molecule has 5 rings (SSSR count). The van der Waals surface area contributed by atoms with Crippen molar-refractivity contribution in [3.63, 3.8) is 0 Å². The first kappa shape index (κ1) is 28.9. The van der Waals surface area contributed by atoms with E-state index in [-0.39, 0.29) is 23.9 Å². The zero-order valence-corrected chi connectivity index (χ0v) is 24.1. The zero-order valence-electron chi connectivity index (χ0n) is 23.3. The van der Waals surface area contributed by atoms with E-state index in [1.165, 1.54) is 10.9 Å². The molecule has 0 unspecified atom stereocenters. The van der Waals surface area contributed by atoms with E-state index in [4.69, 9.17) is 25.8 Å². The molecule has 1 amide bonds. The number of aromatic nitrogens is 2. The Morgan fingerprint density at radius 1 is 1.10 bits per heavy atom. The van der Waals surface area contributed by atoms with Crippen LogP contribution in [-0.4, -0.2) is 46.9 Å². The van der Waals surface area contributed by atoms with Gasteiger partial charge in [-0.15, -0.1) is 0 Å². The molecule has 2 fully saturated rings. The van der Waals surface area contributed by atoms with Gasteiger partial charge >= 0.3 is 6.09 Å². The van der Waals surface area contributed by atoms with E-state index in [1.807, 2.05) is 45.0 Å². The Hall–Kier alpha value is -3.63. The second kappa shape index (κ2) is 11.3. The lowest BCUT2D eigenvalue weighted by Crippen LogP contribution is -2.40. The maximum Gasteiger partial charge on any atom is 0.408 e. The van der Waals surface area contributed by atoms with Gasteiger partial charge in [0.15, 0.2) is 5.67 Å². The first-order valence-corrected chi connectivity index (χ1v) is 14.0. The minimum atomic E-state index is -1.51. The highest BCUT2D eigenvalue weighted by atomic mass is 35.5. The molecule has 1 aliphatic heterocycles. The Kier molecular flexibility index (Phi) is 7.98. The number of ether oxygens (including phenoxy) is 3. The molecular formula is C30H34ClFN4O5. The molecule has 1 saturated carbocycles. The van der Waals surface area contributed by atoms with Gasteiger partial charge in [0.2, 0.25) is 0 Å². The predicted molar refractivity (Wildman–Crippen MR) is 154 cm³/mol. The van der Waals surface area contributed by atoms with Crippen LogP contribution >= 0.6 is 11.6 Å². The Labute approximate surface area is 242 Å². The van der Waals surface area contributed by atoms with E-state index in [1.54, 1.807) is 24.3 Å². The molecule has 1 saturated heterocycles. The predicted octanol–water partition coefficient (Wildman–Crippen LogP) is 6.12. The molecule has 1 atom stereocenters. The molecule has 2 aliphatic rings. The smallest absolute Gasteiger partial charge is 0.408 e. The third-order valence-electron chi connectivity index (χ3n) is 7.00. The molecule has 1 aromatic heterocycles. The van der Waals surface area contributed by atoms with Gasteiger partial charge in [0.25, 0.3) is 5.56 Å². The van der Waals surface area contributed by atoms with Crippen LogP contribution in [0.2, 0.25) is 5.02 Å². The number of hydrogen-bond acceptors (Lipinski definition) is 7. The van der Waals surface area contributed by atoms with Gasteiger partial charge in [-0.1, -0.05) is 23.7 Å². The van der Waals surface area contributed by atoms with Crippen LogP contribution in [-0.2, 0) is 15.0 Å². The summed E-state index contributed by atoms with van der Waals surface area (Å²) in [6.07, 6.45) is 3.69. The van der Waals surface area contributed by atoms with Crippen molar-refractivity contribution in [2.75, 3.05) is 25.1 Å². The minimum Gasteiger partial charge on any atom is -0.457 e. The standard InChI is InChI=1S/C30H34ClFN4O5/c1-28(2,3)41-27(38)35-30(14-15-30)20-5-9-22(10-6-20)40-23-11-7-21(8-12-23)36-26(37)25(31)24(17-34-36)33-18-29(32)13-4-16-39-19-29/h5-12,17,33H,4,13-16,18-19H2,1-3H3,(H,35,38)/t29-/m0/s1. The van der Waals surface area contributed by atoms with Crippen LogP contribution < -0.4 is 20.9 Å². The Morgan fingerprint density at radius 3 is 2.34 bits per heavy atom. The summed E-state index contributed by atoms with van der Waals surface area (Å²) < 4.78 is 32.6. The van der Waals surface area contributed by atoms with E-state index < -0.39 is 28.5 Å². The van der Waals surface area contributed by atoms with Gasteiger partial charge in [-0.2, -0.15) is 9.78 Å². The first-order chi connectivity index (χ1) is 19.5. The number of anilines is 1. The molecule has 0 radical (unpaired) electrons. The summed E-state index contributed by atoms with van der Waals surface area (Å²) in [6.45, 7) is 6.04. The molecule has 1 aliphatic carbocycles. The van der Waals surface area contributed by atoms with Crippen molar-refractivity contribution < 1.29 is 23.4 Å². The minimum absolute atomic E-state index is 0.00671. The average Bonchev–Trinajstić information content (AvgIpc) is 3.70. The number of alkyl carbamates (subject to hydrolysis) is 1. The summed E-state index contributed by atoms with van der Waals surface area (Å²) in [5.41, 5.74) is -1.25. The average molecular weight is 585 g/mol. The molecule has 2 heterocycles. The van der Waals surface area contributed by atoms with Crippen LogP contribution in [0, 0.1) is 0 Å². The maximum atomic E-state index is 14.8. The number of hydrogen-bond donors (Lipinski definition) is 2. The van der Waals surface area contributed by atoms with Gasteiger partial charge < -0.3 is 24.8 Å². The van der Waals surface area contributed by atoms with E-state index in [0.29, 0.717) is 36.6 Å². The molecule has 0 spiro atoms. The highest BCUT2D eigenvalue weighted by Gasteiger charge is 2.46. The normalized spacial score (nSPS) is 19.7. The lowest BCUT2D eigenvalue weighted by atomic mass is 9.99. The van der Waals surface area contributed by atoms with Crippen molar-refractivity contribution in [2.24, 2.45) is 0 Å². The van der Waals surface area contributed by atoms with Gasteiger partial charge in [0.05, 0.1) is 36.3 Å². The molecule has 2 aromatic carbocycles. The molecule has 3 aromatic rings. The molecule has 11 heteroatoms. The van der Waals surface area contributed by atoms with Gasteiger partial charge in [0.1, 0.15) is 22.1 Å². The second-order valence-corrected chi connectivity index (χ2v) is 12.0. The highest BCUT2D eigenvalue weighted by Crippen LogP contribution is 2.46. The summed E-state index contributed by atoms with van der Waals surface area (Å²) in [7, 11) is 0. The molecule has 0 bridgehead atoms. The number of nitrogens with one attached hydrogen (secondary N) is 2. The van der Waals surface area contributed by atoms with Gasteiger partial charge in [-0.25, -0.2) is 9.18 Å². The summed E-state index contributed by atoms with van der Waals surface area (Å²) in [6, 6.07) is 14.4. The lowest BCUT2D eigenvalue weighted by molar-refractivity contribution is -0.0234. The topological polar surface area (TPSA) is 104 Å². The first-order valence-electron chi connectivity index (χ1n) is 13.6. The van der Waals surface area contributed by atoms with Crippen molar-refractivity contribution >= 4 is 23.4 Å². The monoisotopic (exact) mass is 584 g/mol. The van der Waals surface area contributed by atoms with Crippen LogP contribution in [0.15, 0.2) is 59.5 Å². The van der Waals surface area contributed by atoms with Gasteiger partial charge in [0, 0.05) is 6.61 Å². The SMILES string of the molecule is CC(C)(C)OC(=O)NC1(c2ccc(Oc3ccc(-n4ncc(NC[C@@]5(F)CCCOC5)c(Cl)c4=O)cc3)cc2)CC1. The fraction of sp³-hybridized carbons (Fsp3) is 0.433. The molecule has 218 valence electrons. The summed E-state index contributed by atoms with van der Waals surface area (Å²) in [5, 5.41) is 10.0. The number of nitrogens with zero attached hydrogens (tertiary/aromatic N) is 2. The fourth-order valence-electron chi connectivity index (χ4n) is 4.69. The summed E-state index contributed by atoms with van der Waals surface area (Å²) >= 11 is 6.31. The lowest BCUT2D eigenvalue weighted by Gasteiger charge is -2.29. The maximum absolute atomic E-state index is 14.8. The Bertz CT molecular complexity index is 1440. The van der Waals surface area contributed by atoms with Gasteiger partial charge in [-0.3, -0.25) is 4.79 Å². The van der Waals surface area contributed by atoms with Gasteiger partial charge in [-0.05, 0) is 88.4 Å². The van der Waals surface area contributed by atoms with Crippen LogP contribution in [0.5, 0.6) is 11.5 Å². The van der Waals surface area contributed by atoms with Crippen molar-refractivity contribution in [2.45, 2.75) is 63.3 Å². The third-order valence-corrected chi connectivity index (χ3v) is 7.37. The number of halogens is 2. The number of rotatable bonds is 8. The fourth-order valence-corrected chi connectivity index (χ4v) is 4.89. The van der Waals surface area contributed by atoms with Crippen molar-refractivity contribution in [1.82, 2.24) is 15.1 Å². The van der Waals surface area contributed by atoms with Crippen LogP contribution in [0.25, 0.3) is 5.69 Å². The number of amides is 1. The Balaban J connectivity index is 1.21. The zero-order chi connectivity index (χ0) is 29.3. The van der Waals surface area contributed by atoms with Crippen molar-refractivity contribution in [1.29, 1.82) is 0 Å². The van der Waals surface area contributed by atoms with Crippen LogP contribution in [0.3, 0.4) is 0 Å². The highest BCUT2D eigenvalue weighted by molar-refractivity contribution is 6.32. The van der Waals surface area contributed by atoms with Crippen molar-refractivity contribution in [3.8, 4) is 17.2 Å². The molecule has 9 nitrogen and oxygen atoms in total. The van der Waals surface area contributed by atoms with E-state index in [0.717, 1.165) is 18.4 Å². The quantitative estimate of drug-likeness (QED) is 0.328. The number of carbonyl (C=O) groups is 1. The largest absolute Gasteiger partial charge is 0.457 e. The molecule has 2 N–H and O–H groups in total. The number of alkyl halides is 1. The number of benzene rings is 2. The van der Waals surface area contributed by atoms with Crippen LogP contribution in [0.4, 0.5) is 14.9 Å². The second-order valence-electron chi connectivity index (χ2n) is 11.6. The van der Waals surface area contributed by atoms with E-state index in [2.05, 4.69) is 15.7 Å².